The summed E-state index contributed by atoms with van der Waals surface area (Å²) < 4.78 is 4.99. The molecule has 0 heterocycles. The van der Waals surface area contributed by atoms with Crippen molar-refractivity contribution in [1.29, 1.82) is 0 Å². The maximum atomic E-state index is 12.0. The molecule has 0 aromatic heterocycles. The summed E-state index contributed by atoms with van der Waals surface area (Å²) in [5.74, 6) is -0.592. The number of carbonyl (C=O) groups is 3. The summed E-state index contributed by atoms with van der Waals surface area (Å²) in [4.78, 5) is 35.1. The second-order valence-corrected chi connectivity index (χ2v) is 5.80. The van der Waals surface area contributed by atoms with Gasteiger partial charge in [-0.15, -0.1) is 11.8 Å². The molecule has 0 saturated heterocycles. The molecule has 0 aliphatic heterocycles. The van der Waals surface area contributed by atoms with E-state index in [0.717, 1.165) is 0 Å². The molecule has 1 aromatic rings. The van der Waals surface area contributed by atoms with Crippen LogP contribution in [0.1, 0.15) is 31.1 Å². The standard InChI is InChI=1S/C15H19NO4S/c1-10(2)16-14(18)8-20-15(19)12-6-4-5-7-13(12)21-9-11(3)17/h4-7,10H,8-9H2,1-3H3,(H,16,18). The van der Waals surface area contributed by atoms with Gasteiger partial charge in [-0.25, -0.2) is 4.79 Å². The molecule has 0 unspecified atom stereocenters. The molecule has 6 heteroatoms. The summed E-state index contributed by atoms with van der Waals surface area (Å²) in [6.07, 6.45) is 0. The molecule has 0 aliphatic rings. The third-order valence-corrected chi connectivity index (χ3v) is 3.54. The van der Waals surface area contributed by atoms with Gasteiger partial charge in [-0.05, 0) is 32.9 Å². The third-order valence-electron chi connectivity index (χ3n) is 2.32. The van der Waals surface area contributed by atoms with Gasteiger partial charge in [0.2, 0.25) is 0 Å². The lowest BCUT2D eigenvalue weighted by atomic mass is 10.2. The molecule has 0 fully saturated rings. The minimum atomic E-state index is -0.569. The summed E-state index contributed by atoms with van der Waals surface area (Å²) in [5, 5.41) is 2.64. The number of carbonyl (C=O) groups excluding carboxylic acids is 3. The Morgan fingerprint density at radius 3 is 2.52 bits per heavy atom. The van der Waals surface area contributed by atoms with Crippen molar-refractivity contribution in [2.75, 3.05) is 12.4 Å². The monoisotopic (exact) mass is 309 g/mol. The van der Waals surface area contributed by atoms with Crippen LogP contribution in [0.4, 0.5) is 0 Å². The van der Waals surface area contributed by atoms with E-state index >= 15 is 0 Å². The number of benzene rings is 1. The summed E-state index contributed by atoms with van der Waals surface area (Å²) in [6, 6.07) is 6.85. The highest BCUT2D eigenvalue weighted by molar-refractivity contribution is 8.00. The van der Waals surface area contributed by atoms with Crippen LogP contribution in [0.2, 0.25) is 0 Å². The van der Waals surface area contributed by atoms with Crippen LogP contribution >= 0.6 is 11.8 Å². The van der Waals surface area contributed by atoms with Gasteiger partial charge in [0.05, 0.1) is 11.3 Å². The van der Waals surface area contributed by atoms with E-state index in [1.165, 1.54) is 18.7 Å². The van der Waals surface area contributed by atoms with Gasteiger partial charge in [0, 0.05) is 10.9 Å². The highest BCUT2D eigenvalue weighted by Crippen LogP contribution is 2.23. The lowest BCUT2D eigenvalue weighted by Crippen LogP contribution is -2.34. The molecule has 1 rings (SSSR count). The molecule has 1 N–H and O–H groups in total. The fraction of sp³-hybridized carbons (Fsp3) is 0.400. The number of rotatable bonds is 7. The van der Waals surface area contributed by atoms with E-state index < -0.39 is 5.97 Å². The fourth-order valence-electron chi connectivity index (χ4n) is 1.51. The molecule has 1 aromatic carbocycles. The van der Waals surface area contributed by atoms with Crippen molar-refractivity contribution >= 4 is 29.4 Å². The lowest BCUT2D eigenvalue weighted by molar-refractivity contribution is -0.124. The first-order valence-electron chi connectivity index (χ1n) is 6.58. The van der Waals surface area contributed by atoms with Crippen LogP contribution in [0.15, 0.2) is 29.2 Å². The van der Waals surface area contributed by atoms with Crippen LogP contribution in [0.25, 0.3) is 0 Å². The first-order chi connectivity index (χ1) is 9.90. The zero-order valence-electron chi connectivity index (χ0n) is 12.3. The van der Waals surface area contributed by atoms with Gasteiger partial charge < -0.3 is 10.1 Å². The summed E-state index contributed by atoms with van der Waals surface area (Å²) in [6.45, 7) is 4.83. The van der Waals surface area contributed by atoms with Crippen molar-refractivity contribution in [3.8, 4) is 0 Å². The van der Waals surface area contributed by atoms with Crippen LogP contribution in [0.5, 0.6) is 0 Å². The number of esters is 1. The first-order valence-corrected chi connectivity index (χ1v) is 7.56. The molecule has 114 valence electrons. The summed E-state index contributed by atoms with van der Waals surface area (Å²) in [5.41, 5.74) is 0.362. The van der Waals surface area contributed by atoms with E-state index in [0.29, 0.717) is 10.5 Å². The van der Waals surface area contributed by atoms with Gasteiger partial charge in [0.1, 0.15) is 5.78 Å². The number of ether oxygens (including phenoxy) is 1. The van der Waals surface area contributed by atoms with E-state index in [1.807, 2.05) is 13.8 Å². The molecular formula is C15H19NO4S. The second kappa shape index (κ2) is 8.46. The maximum absolute atomic E-state index is 12.0. The van der Waals surface area contributed by atoms with Gasteiger partial charge in [-0.2, -0.15) is 0 Å². The molecule has 0 atom stereocenters. The number of hydrogen-bond donors (Lipinski definition) is 1. The smallest absolute Gasteiger partial charge is 0.339 e. The van der Waals surface area contributed by atoms with E-state index in [4.69, 9.17) is 4.74 Å². The Hall–Kier alpha value is -1.82. The second-order valence-electron chi connectivity index (χ2n) is 4.79. The SMILES string of the molecule is CC(=O)CSc1ccccc1C(=O)OCC(=O)NC(C)C. The number of nitrogens with one attached hydrogen (secondary N) is 1. The molecule has 0 saturated carbocycles. The molecule has 0 aliphatic carbocycles. The van der Waals surface area contributed by atoms with Crippen molar-refractivity contribution in [1.82, 2.24) is 5.32 Å². The van der Waals surface area contributed by atoms with Crippen LogP contribution in [-0.4, -0.2) is 36.1 Å². The lowest BCUT2D eigenvalue weighted by Gasteiger charge is -2.10. The number of Topliss-reactive ketones (excluding diaryl/α,β-unsaturated/α-hetero) is 1. The van der Waals surface area contributed by atoms with Crippen molar-refractivity contribution in [3.63, 3.8) is 0 Å². The maximum Gasteiger partial charge on any atom is 0.339 e. The molecule has 0 bridgehead atoms. The highest BCUT2D eigenvalue weighted by Gasteiger charge is 2.15. The van der Waals surface area contributed by atoms with Gasteiger partial charge in [0.25, 0.3) is 5.91 Å². The summed E-state index contributed by atoms with van der Waals surface area (Å²) >= 11 is 1.28. The van der Waals surface area contributed by atoms with Crippen molar-refractivity contribution in [3.05, 3.63) is 29.8 Å². The Morgan fingerprint density at radius 1 is 1.24 bits per heavy atom. The first kappa shape index (κ1) is 17.2. The fourth-order valence-corrected chi connectivity index (χ4v) is 2.35. The minimum Gasteiger partial charge on any atom is -0.452 e. The Bertz CT molecular complexity index is 528. The highest BCUT2D eigenvalue weighted by atomic mass is 32.2. The van der Waals surface area contributed by atoms with Gasteiger partial charge >= 0.3 is 5.97 Å². The van der Waals surface area contributed by atoms with Crippen LogP contribution in [0, 0.1) is 0 Å². The Kier molecular flexibility index (Phi) is 6.94. The van der Waals surface area contributed by atoms with E-state index in [-0.39, 0.29) is 30.1 Å². The predicted molar refractivity (Wildman–Crippen MR) is 81.4 cm³/mol. The predicted octanol–water partition coefficient (Wildman–Crippen LogP) is 2.05. The Balaban J connectivity index is 2.65. The zero-order chi connectivity index (χ0) is 15.8. The quantitative estimate of drug-likeness (QED) is 0.616. The molecule has 5 nitrogen and oxygen atoms in total. The van der Waals surface area contributed by atoms with Gasteiger partial charge in [-0.1, -0.05) is 12.1 Å². The third kappa shape index (κ3) is 6.44. The van der Waals surface area contributed by atoms with Gasteiger partial charge in [-0.3, -0.25) is 9.59 Å². The Labute approximate surface area is 128 Å². The van der Waals surface area contributed by atoms with Crippen molar-refractivity contribution < 1.29 is 19.1 Å². The molecule has 21 heavy (non-hydrogen) atoms. The number of hydrogen-bond acceptors (Lipinski definition) is 5. The van der Waals surface area contributed by atoms with Gasteiger partial charge in [0.15, 0.2) is 6.61 Å². The average Bonchev–Trinajstić information content (AvgIpc) is 2.42. The topological polar surface area (TPSA) is 72.5 Å². The normalized spacial score (nSPS) is 10.3. The zero-order valence-corrected chi connectivity index (χ0v) is 13.2. The van der Waals surface area contributed by atoms with E-state index in [1.54, 1.807) is 24.3 Å². The van der Waals surface area contributed by atoms with Crippen molar-refractivity contribution in [2.24, 2.45) is 0 Å². The average molecular weight is 309 g/mol. The Morgan fingerprint density at radius 2 is 1.90 bits per heavy atom. The number of amides is 1. The number of thioether (sulfide) groups is 1. The summed E-state index contributed by atoms with van der Waals surface area (Å²) in [7, 11) is 0. The molecule has 0 spiro atoms. The van der Waals surface area contributed by atoms with Crippen LogP contribution in [0.3, 0.4) is 0 Å². The van der Waals surface area contributed by atoms with E-state index in [9.17, 15) is 14.4 Å². The van der Waals surface area contributed by atoms with Crippen LogP contribution in [-0.2, 0) is 14.3 Å². The number of ketones is 1. The van der Waals surface area contributed by atoms with Crippen LogP contribution < -0.4 is 5.32 Å². The van der Waals surface area contributed by atoms with E-state index in [2.05, 4.69) is 5.32 Å². The minimum absolute atomic E-state index is 0.00499. The molecule has 1 amide bonds. The largest absolute Gasteiger partial charge is 0.452 e. The van der Waals surface area contributed by atoms with Crippen molar-refractivity contribution in [2.45, 2.75) is 31.7 Å². The molecular weight excluding hydrogens is 290 g/mol. The molecule has 0 radical (unpaired) electrons.